The molecule has 0 atom stereocenters. The van der Waals surface area contributed by atoms with Crippen LogP contribution in [0.5, 0.6) is 5.75 Å². The van der Waals surface area contributed by atoms with Crippen molar-refractivity contribution in [3.05, 3.63) is 44.3 Å². The normalized spacial score (nSPS) is 10.3. The first-order valence-electron chi connectivity index (χ1n) is 5.71. The Morgan fingerprint density at radius 3 is 2.62 bits per heavy atom. The molecule has 0 unspecified atom stereocenters. The van der Waals surface area contributed by atoms with E-state index in [0.717, 1.165) is 0 Å². The third-order valence-electron chi connectivity index (χ3n) is 2.63. The maximum Gasteiger partial charge on any atom is 0.332 e. The number of aryl methyl sites for hydroxylation is 1. The predicted molar refractivity (Wildman–Crippen MR) is 79.7 cm³/mol. The largest absolute Gasteiger partial charge is 0.495 e. The molecule has 0 saturated carbocycles. The van der Waals surface area contributed by atoms with E-state index in [0.29, 0.717) is 16.5 Å². The molecule has 1 heterocycles. The van der Waals surface area contributed by atoms with E-state index in [2.05, 4.69) is 15.3 Å². The summed E-state index contributed by atoms with van der Waals surface area (Å²) in [6.45, 7) is 1.48. The number of benzene rings is 1. The lowest BCUT2D eigenvalue weighted by molar-refractivity contribution is -0.385. The molecule has 0 aliphatic rings. The molecule has 110 valence electrons. The molecular formula is C12H10Cl2N4O3. The molecule has 2 aromatic rings. The minimum absolute atomic E-state index is 0.00117. The fraction of sp³-hybridized carbons (Fsp3) is 0.167. The van der Waals surface area contributed by atoms with Crippen LogP contribution in [0.4, 0.5) is 17.2 Å². The molecule has 0 saturated heterocycles. The van der Waals surface area contributed by atoms with Crippen molar-refractivity contribution in [3.8, 4) is 5.75 Å². The first kappa shape index (κ1) is 15.3. The van der Waals surface area contributed by atoms with Crippen molar-refractivity contribution in [2.24, 2.45) is 0 Å². The van der Waals surface area contributed by atoms with Crippen LogP contribution in [0.2, 0.25) is 10.3 Å². The molecular weight excluding hydrogens is 319 g/mol. The Morgan fingerprint density at radius 1 is 1.33 bits per heavy atom. The summed E-state index contributed by atoms with van der Waals surface area (Å²) in [4.78, 5) is 18.2. The molecule has 0 fully saturated rings. The molecule has 1 N–H and O–H groups in total. The van der Waals surface area contributed by atoms with Gasteiger partial charge >= 0.3 is 5.69 Å². The smallest absolute Gasteiger partial charge is 0.332 e. The molecule has 1 aromatic heterocycles. The number of aromatic nitrogens is 2. The second-order valence-electron chi connectivity index (χ2n) is 4.01. The second-order valence-corrected chi connectivity index (χ2v) is 4.75. The highest BCUT2D eigenvalue weighted by Gasteiger charge is 2.22. The van der Waals surface area contributed by atoms with Gasteiger partial charge in [0.05, 0.1) is 17.1 Å². The zero-order valence-electron chi connectivity index (χ0n) is 11.1. The Morgan fingerprint density at radius 2 is 2.05 bits per heavy atom. The summed E-state index contributed by atoms with van der Waals surface area (Å²) < 4.78 is 5.04. The maximum atomic E-state index is 11.1. The summed E-state index contributed by atoms with van der Waals surface area (Å²) in [6.07, 6.45) is 0. The van der Waals surface area contributed by atoms with Crippen molar-refractivity contribution < 1.29 is 9.66 Å². The Hall–Kier alpha value is -2.12. The summed E-state index contributed by atoms with van der Waals surface area (Å²) in [6, 6.07) is 4.85. The van der Waals surface area contributed by atoms with E-state index >= 15 is 0 Å². The summed E-state index contributed by atoms with van der Waals surface area (Å²) in [7, 11) is 1.49. The number of nitro groups is 1. The standard InChI is InChI=1S/C12H10Cl2N4O3/c1-6-10(18(19)20)11(17-12(14)15-6)16-7-3-4-9(21-2)8(13)5-7/h3-5H,1-2H3,(H,15,16,17). The van der Waals surface area contributed by atoms with Crippen molar-refractivity contribution in [3.63, 3.8) is 0 Å². The van der Waals surface area contributed by atoms with E-state index in [1.54, 1.807) is 18.2 Å². The van der Waals surface area contributed by atoms with Crippen molar-refractivity contribution in [1.82, 2.24) is 9.97 Å². The van der Waals surface area contributed by atoms with Crippen molar-refractivity contribution in [1.29, 1.82) is 0 Å². The van der Waals surface area contributed by atoms with Gasteiger partial charge in [-0.15, -0.1) is 0 Å². The Bertz CT molecular complexity index is 709. The van der Waals surface area contributed by atoms with Gasteiger partial charge < -0.3 is 10.1 Å². The van der Waals surface area contributed by atoms with Crippen molar-refractivity contribution >= 4 is 40.4 Å². The van der Waals surface area contributed by atoms with Gasteiger partial charge in [-0.3, -0.25) is 10.1 Å². The summed E-state index contributed by atoms with van der Waals surface area (Å²) in [5.41, 5.74) is 0.437. The monoisotopic (exact) mass is 328 g/mol. The van der Waals surface area contributed by atoms with Crippen LogP contribution in [0.15, 0.2) is 18.2 Å². The zero-order chi connectivity index (χ0) is 15.6. The Kier molecular flexibility index (Phi) is 4.44. The van der Waals surface area contributed by atoms with E-state index < -0.39 is 4.92 Å². The van der Waals surface area contributed by atoms with Crippen LogP contribution in [-0.4, -0.2) is 22.0 Å². The van der Waals surface area contributed by atoms with Crippen LogP contribution < -0.4 is 10.1 Å². The highest BCUT2D eigenvalue weighted by Crippen LogP contribution is 2.32. The molecule has 21 heavy (non-hydrogen) atoms. The fourth-order valence-electron chi connectivity index (χ4n) is 1.72. The molecule has 0 amide bonds. The number of nitrogens with zero attached hydrogens (tertiary/aromatic N) is 3. The Labute approximate surface area is 130 Å². The average Bonchev–Trinajstić information content (AvgIpc) is 2.37. The minimum Gasteiger partial charge on any atom is -0.495 e. The molecule has 9 heteroatoms. The molecule has 0 spiro atoms. The first-order valence-corrected chi connectivity index (χ1v) is 6.47. The topological polar surface area (TPSA) is 90.2 Å². The van der Waals surface area contributed by atoms with Gasteiger partial charge in [0.25, 0.3) is 0 Å². The molecule has 0 aliphatic heterocycles. The number of rotatable bonds is 4. The van der Waals surface area contributed by atoms with E-state index in [1.165, 1.54) is 14.0 Å². The number of ether oxygens (including phenoxy) is 1. The SMILES string of the molecule is COc1ccc(Nc2nc(Cl)nc(C)c2[N+](=O)[O-])cc1Cl. The van der Waals surface area contributed by atoms with Gasteiger partial charge in [-0.25, -0.2) is 4.98 Å². The molecule has 2 rings (SSSR count). The minimum atomic E-state index is -0.570. The van der Waals surface area contributed by atoms with Gasteiger partial charge in [-0.2, -0.15) is 4.98 Å². The molecule has 1 aromatic carbocycles. The molecule has 0 aliphatic carbocycles. The fourth-order valence-corrected chi connectivity index (χ4v) is 2.19. The summed E-state index contributed by atoms with van der Waals surface area (Å²) in [5.74, 6) is 0.493. The quantitative estimate of drug-likeness (QED) is 0.522. The number of anilines is 2. The van der Waals surface area contributed by atoms with Gasteiger partial charge in [0.1, 0.15) is 11.4 Å². The number of nitrogens with one attached hydrogen (secondary N) is 1. The maximum absolute atomic E-state index is 11.1. The number of methoxy groups -OCH3 is 1. The average molecular weight is 329 g/mol. The van der Waals surface area contributed by atoms with Gasteiger partial charge in [0, 0.05) is 5.69 Å². The van der Waals surface area contributed by atoms with Crippen molar-refractivity contribution in [2.45, 2.75) is 6.92 Å². The summed E-state index contributed by atoms with van der Waals surface area (Å²) in [5, 5.41) is 14.2. The third-order valence-corrected chi connectivity index (χ3v) is 3.09. The zero-order valence-corrected chi connectivity index (χ0v) is 12.6. The lowest BCUT2D eigenvalue weighted by Crippen LogP contribution is -2.04. The van der Waals surface area contributed by atoms with Crippen LogP contribution in [-0.2, 0) is 0 Å². The van der Waals surface area contributed by atoms with Gasteiger partial charge in [-0.05, 0) is 36.7 Å². The first-order chi connectivity index (χ1) is 9.92. The third kappa shape index (κ3) is 3.32. The highest BCUT2D eigenvalue weighted by atomic mass is 35.5. The molecule has 7 nitrogen and oxygen atoms in total. The molecule has 0 bridgehead atoms. The second kappa shape index (κ2) is 6.11. The summed E-state index contributed by atoms with van der Waals surface area (Å²) >= 11 is 11.7. The van der Waals surface area contributed by atoms with E-state index in [9.17, 15) is 10.1 Å². The van der Waals surface area contributed by atoms with Gasteiger partial charge in [0.2, 0.25) is 11.1 Å². The van der Waals surface area contributed by atoms with Crippen LogP contribution in [0.25, 0.3) is 0 Å². The number of hydrogen-bond acceptors (Lipinski definition) is 6. The lowest BCUT2D eigenvalue weighted by atomic mass is 10.3. The van der Waals surface area contributed by atoms with Crippen LogP contribution >= 0.6 is 23.2 Å². The van der Waals surface area contributed by atoms with E-state index in [1.807, 2.05) is 0 Å². The molecule has 0 radical (unpaired) electrons. The number of halogens is 2. The van der Waals surface area contributed by atoms with Crippen LogP contribution in [0, 0.1) is 17.0 Å². The number of hydrogen-bond donors (Lipinski definition) is 1. The van der Waals surface area contributed by atoms with E-state index in [-0.39, 0.29) is 22.5 Å². The highest BCUT2D eigenvalue weighted by molar-refractivity contribution is 6.32. The van der Waals surface area contributed by atoms with Gasteiger partial charge in [0.15, 0.2) is 0 Å². The van der Waals surface area contributed by atoms with E-state index in [4.69, 9.17) is 27.9 Å². The predicted octanol–water partition coefficient (Wildman–Crippen LogP) is 3.75. The van der Waals surface area contributed by atoms with Crippen molar-refractivity contribution in [2.75, 3.05) is 12.4 Å². The lowest BCUT2D eigenvalue weighted by Gasteiger charge is -2.09. The Balaban J connectivity index is 2.44. The van der Waals surface area contributed by atoms with Crippen LogP contribution in [0.1, 0.15) is 5.69 Å². The van der Waals surface area contributed by atoms with Crippen LogP contribution in [0.3, 0.4) is 0 Å². The van der Waals surface area contributed by atoms with Gasteiger partial charge in [-0.1, -0.05) is 11.6 Å².